The van der Waals surface area contributed by atoms with E-state index in [0.29, 0.717) is 28.9 Å². The topological polar surface area (TPSA) is 137 Å². The van der Waals surface area contributed by atoms with Crippen molar-refractivity contribution < 1.29 is 9.59 Å². The molecule has 0 bridgehead atoms. The second-order valence-corrected chi connectivity index (χ2v) is 7.91. The molecule has 0 saturated heterocycles. The number of carbonyl (C=O) groups is 2. The van der Waals surface area contributed by atoms with Crippen molar-refractivity contribution in [3.63, 3.8) is 0 Å². The number of unbranched alkanes of at least 4 members (excludes halogenated alkanes) is 7. The lowest BCUT2D eigenvalue weighted by molar-refractivity contribution is -0.116. The van der Waals surface area contributed by atoms with Crippen LogP contribution in [0.3, 0.4) is 0 Å². The highest BCUT2D eigenvalue weighted by Crippen LogP contribution is 2.18. The van der Waals surface area contributed by atoms with Crippen LogP contribution in [-0.4, -0.2) is 24.2 Å². The van der Waals surface area contributed by atoms with Crippen LogP contribution in [0.4, 0.5) is 11.4 Å². The van der Waals surface area contributed by atoms with Gasteiger partial charge in [0, 0.05) is 23.2 Å². The molecule has 172 valence electrons. The number of hydrogen-bond acceptors (Lipinski definition) is 4. The van der Waals surface area contributed by atoms with Crippen LogP contribution in [0.15, 0.2) is 53.5 Å². The molecule has 32 heavy (non-hydrogen) atoms. The van der Waals surface area contributed by atoms with Gasteiger partial charge in [0.1, 0.15) is 0 Å². The Kier molecular flexibility index (Phi) is 11.0. The number of carbonyl (C=O) groups excluding carboxylic acids is 2. The molecule has 7 heteroatoms. The summed E-state index contributed by atoms with van der Waals surface area (Å²) in [5.74, 6) is -0.139. The van der Waals surface area contributed by atoms with Gasteiger partial charge >= 0.3 is 0 Å². The molecule has 0 heterocycles. The Morgan fingerprint density at radius 3 is 1.75 bits per heavy atom. The third kappa shape index (κ3) is 9.31. The minimum absolute atomic E-state index is 0.00217. The summed E-state index contributed by atoms with van der Waals surface area (Å²) in [5, 5.41) is 2.90. The molecule has 0 unspecified atom stereocenters. The zero-order valence-electron chi connectivity index (χ0n) is 18.7. The van der Waals surface area contributed by atoms with Crippen LogP contribution in [0.25, 0.3) is 0 Å². The van der Waals surface area contributed by atoms with Gasteiger partial charge in [0.25, 0.3) is 0 Å². The predicted octanol–water partition coefficient (Wildman–Crippen LogP) is 4.23. The first-order valence-electron chi connectivity index (χ1n) is 11.3. The van der Waals surface area contributed by atoms with Crippen molar-refractivity contribution in [3.8, 4) is 0 Å². The van der Waals surface area contributed by atoms with Gasteiger partial charge in [-0.25, -0.2) is 4.99 Å². The first-order valence-corrected chi connectivity index (χ1v) is 11.3. The number of nitrogens with one attached hydrogen (secondary N) is 1. The average Bonchev–Trinajstić information content (AvgIpc) is 2.78. The van der Waals surface area contributed by atoms with Gasteiger partial charge in [-0.1, -0.05) is 38.5 Å². The van der Waals surface area contributed by atoms with Crippen LogP contribution in [-0.2, 0) is 4.79 Å². The highest BCUT2D eigenvalue weighted by molar-refractivity contribution is 6.09. The average molecular weight is 438 g/mol. The van der Waals surface area contributed by atoms with Crippen LogP contribution >= 0.6 is 0 Å². The van der Waals surface area contributed by atoms with Gasteiger partial charge in [-0.15, -0.1) is 0 Å². The van der Waals surface area contributed by atoms with E-state index in [2.05, 4.69) is 10.3 Å². The van der Waals surface area contributed by atoms with Crippen molar-refractivity contribution in [2.24, 2.45) is 22.2 Å². The Morgan fingerprint density at radius 2 is 1.22 bits per heavy atom. The predicted molar refractivity (Wildman–Crippen MR) is 131 cm³/mol. The standard InChI is InChI=1S/C25H35N5O2/c26-18-8-6-4-2-1-3-5-7-9-23(31)29-21-14-10-19(11-15-21)24(32)20-12-16-22(17-13-20)30-25(27)28/h10-17H,1-9,18,26H2,(H,29,31)(H4,27,28,30). The van der Waals surface area contributed by atoms with Crippen LogP contribution < -0.4 is 22.5 Å². The number of nitrogens with zero attached hydrogens (tertiary/aromatic N) is 1. The number of hydrogen-bond donors (Lipinski definition) is 4. The molecule has 0 saturated carbocycles. The molecule has 0 aliphatic rings. The molecular weight excluding hydrogens is 402 g/mol. The maximum atomic E-state index is 12.6. The largest absolute Gasteiger partial charge is 0.370 e. The van der Waals surface area contributed by atoms with E-state index in [0.717, 1.165) is 25.8 Å². The second-order valence-electron chi connectivity index (χ2n) is 7.91. The van der Waals surface area contributed by atoms with Crippen molar-refractivity contribution in [1.29, 1.82) is 0 Å². The first kappa shape index (κ1) is 25.1. The summed E-state index contributed by atoms with van der Waals surface area (Å²) in [6.45, 7) is 0.781. The van der Waals surface area contributed by atoms with E-state index in [1.54, 1.807) is 48.5 Å². The van der Waals surface area contributed by atoms with Crippen molar-refractivity contribution in [2.75, 3.05) is 11.9 Å². The Labute approximate surface area is 190 Å². The van der Waals surface area contributed by atoms with Gasteiger partial charge in [0.15, 0.2) is 11.7 Å². The molecule has 1 amide bonds. The lowest BCUT2D eigenvalue weighted by Gasteiger charge is -2.07. The maximum Gasteiger partial charge on any atom is 0.224 e. The lowest BCUT2D eigenvalue weighted by atomic mass is 10.0. The van der Waals surface area contributed by atoms with E-state index in [4.69, 9.17) is 17.2 Å². The fraction of sp³-hybridized carbons (Fsp3) is 0.400. The highest BCUT2D eigenvalue weighted by atomic mass is 16.1. The van der Waals surface area contributed by atoms with Crippen molar-refractivity contribution >= 4 is 29.0 Å². The first-order chi connectivity index (χ1) is 15.5. The quantitative estimate of drug-likeness (QED) is 0.152. The second kappa shape index (κ2) is 14.0. The molecule has 2 rings (SSSR count). The van der Waals surface area contributed by atoms with E-state index in [-0.39, 0.29) is 17.6 Å². The van der Waals surface area contributed by atoms with Crippen molar-refractivity contribution in [1.82, 2.24) is 0 Å². The molecule has 0 aliphatic heterocycles. The number of nitrogens with two attached hydrogens (primary N) is 3. The summed E-state index contributed by atoms with van der Waals surface area (Å²) < 4.78 is 0. The maximum absolute atomic E-state index is 12.6. The molecule has 7 nitrogen and oxygen atoms in total. The van der Waals surface area contributed by atoms with Gasteiger partial charge in [0.2, 0.25) is 5.91 Å². The zero-order valence-corrected chi connectivity index (χ0v) is 18.7. The van der Waals surface area contributed by atoms with Crippen LogP contribution in [0.2, 0.25) is 0 Å². The van der Waals surface area contributed by atoms with Gasteiger partial charge in [0.05, 0.1) is 5.69 Å². The number of rotatable bonds is 14. The Morgan fingerprint density at radius 1 is 0.719 bits per heavy atom. The van der Waals surface area contributed by atoms with E-state index < -0.39 is 0 Å². The third-order valence-corrected chi connectivity index (χ3v) is 5.18. The summed E-state index contributed by atoms with van der Waals surface area (Å²) in [6, 6.07) is 13.7. The molecular formula is C25H35N5O2. The molecule has 0 aromatic heterocycles. The number of amides is 1. The van der Waals surface area contributed by atoms with Crippen molar-refractivity contribution in [3.05, 3.63) is 59.7 Å². The van der Waals surface area contributed by atoms with Crippen LogP contribution in [0.1, 0.15) is 73.7 Å². The minimum atomic E-state index is -0.109. The summed E-state index contributed by atoms with van der Waals surface area (Å²) >= 11 is 0. The number of aliphatic imine (C=N–C) groups is 1. The van der Waals surface area contributed by atoms with E-state index >= 15 is 0 Å². The van der Waals surface area contributed by atoms with E-state index in [1.165, 1.54) is 32.1 Å². The highest BCUT2D eigenvalue weighted by Gasteiger charge is 2.10. The van der Waals surface area contributed by atoms with Crippen LogP contribution in [0, 0.1) is 0 Å². The summed E-state index contributed by atoms with van der Waals surface area (Å²) in [6.07, 6.45) is 9.68. The number of anilines is 1. The van der Waals surface area contributed by atoms with Gasteiger partial charge in [-0.05, 0) is 67.9 Å². The fourth-order valence-corrected chi connectivity index (χ4v) is 3.42. The molecule has 0 spiro atoms. The molecule has 2 aromatic carbocycles. The molecule has 0 atom stereocenters. The Bertz CT molecular complexity index is 872. The monoisotopic (exact) mass is 437 g/mol. The number of benzene rings is 2. The molecule has 7 N–H and O–H groups in total. The normalized spacial score (nSPS) is 10.5. The minimum Gasteiger partial charge on any atom is -0.370 e. The number of ketones is 1. The molecule has 2 aromatic rings. The fourth-order valence-electron chi connectivity index (χ4n) is 3.42. The van der Waals surface area contributed by atoms with Gasteiger partial charge in [-0.3, -0.25) is 9.59 Å². The van der Waals surface area contributed by atoms with Gasteiger partial charge in [-0.2, -0.15) is 0 Å². The Hall–Kier alpha value is -3.19. The van der Waals surface area contributed by atoms with Crippen LogP contribution in [0.5, 0.6) is 0 Å². The third-order valence-electron chi connectivity index (χ3n) is 5.18. The molecule has 0 fully saturated rings. The Balaban J connectivity index is 1.72. The van der Waals surface area contributed by atoms with E-state index in [9.17, 15) is 9.59 Å². The molecule has 0 aliphatic carbocycles. The lowest BCUT2D eigenvalue weighted by Crippen LogP contribution is -2.21. The number of guanidine groups is 1. The zero-order chi connectivity index (χ0) is 23.2. The van der Waals surface area contributed by atoms with E-state index in [1.807, 2.05) is 0 Å². The SMILES string of the molecule is NCCCCCCCCCCC(=O)Nc1ccc(C(=O)c2ccc(N=C(N)N)cc2)cc1. The molecule has 0 radical (unpaired) electrons. The summed E-state index contributed by atoms with van der Waals surface area (Å²) in [5.41, 5.74) is 18.6. The smallest absolute Gasteiger partial charge is 0.224 e. The van der Waals surface area contributed by atoms with Gasteiger partial charge < -0.3 is 22.5 Å². The van der Waals surface area contributed by atoms with Crippen molar-refractivity contribution in [2.45, 2.75) is 57.8 Å². The summed E-state index contributed by atoms with van der Waals surface area (Å²) in [7, 11) is 0. The summed E-state index contributed by atoms with van der Waals surface area (Å²) in [4.78, 5) is 28.7.